The van der Waals surface area contributed by atoms with Gasteiger partial charge in [-0.05, 0) is 24.3 Å². The molecule has 0 fully saturated rings. The van der Waals surface area contributed by atoms with Crippen LogP contribution in [-0.2, 0) is 0 Å². The van der Waals surface area contributed by atoms with Crippen LogP contribution in [-0.4, -0.2) is 19.6 Å². The van der Waals surface area contributed by atoms with Gasteiger partial charge in [-0.2, -0.15) is 5.10 Å². The second kappa shape index (κ2) is 4.96. The van der Waals surface area contributed by atoms with Gasteiger partial charge in [0.05, 0.1) is 17.6 Å². The number of anilines is 1. The molecule has 0 radical (unpaired) electrons. The first kappa shape index (κ1) is 12.5. The molecule has 4 rings (SSSR count). The molecular weight excluding hydrogens is 274 g/mol. The lowest BCUT2D eigenvalue weighted by molar-refractivity contribution is 0.948. The monoisotopic (exact) mass is 287 g/mol. The molecule has 0 spiro atoms. The van der Waals surface area contributed by atoms with Crippen molar-refractivity contribution in [1.82, 2.24) is 19.6 Å². The molecule has 0 aliphatic rings. The molecule has 0 saturated heterocycles. The fraction of sp³-hybridized carbons (Fsp3) is 0. The minimum absolute atomic E-state index is 0.498. The molecule has 0 aliphatic carbocycles. The predicted octanol–water partition coefficient (Wildman–Crippen LogP) is 3.04. The van der Waals surface area contributed by atoms with Crippen molar-refractivity contribution in [2.45, 2.75) is 0 Å². The summed E-state index contributed by atoms with van der Waals surface area (Å²) < 4.78 is 1.85. The SMILES string of the molecule is Nc1ccc(-c2ccc3ncc(-c4ccccc4)n3n2)cn1. The summed E-state index contributed by atoms with van der Waals surface area (Å²) in [5, 5.41) is 4.68. The van der Waals surface area contributed by atoms with Crippen molar-refractivity contribution in [2.75, 3.05) is 5.73 Å². The predicted molar refractivity (Wildman–Crippen MR) is 86.1 cm³/mol. The fourth-order valence-corrected chi connectivity index (χ4v) is 2.39. The van der Waals surface area contributed by atoms with Crippen molar-refractivity contribution in [1.29, 1.82) is 0 Å². The number of hydrogen-bond donors (Lipinski definition) is 1. The van der Waals surface area contributed by atoms with Crippen molar-refractivity contribution in [3.8, 4) is 22.5 Å². The summed E-state index contributed by atoms with van der Waals surface area (Å²) in [5.41, 5.74) is 10.2. The van der Waals surface area contributed by atoms with Crippen molar-refractivity contribution >= 4 is 11.5 Å². The first-order valence-electron chi connectivity index (χ1n) is 6.93. The number of benzene rings is 1. The first-order chi connectivity index (χ1) is 10.8. The van der Waals surface area contributed by atoms with Crippen LogP contribution >= 0.6 is 0 Å². The molecular formula is C17H13N5. The summed E-state index contributed by atoms with van der Waals surface area (Å²) in [6.07, 6.45) is 3.56. The molecule has 0 aliphatic heterocycles. The van der Waals surface area contributed by atoms with E-state index in [1.54, 1.807) is 12.3 Å². The smallest absolute Gasteiger partial charge is 0.154 e. The highest BCUT2D eigenvalue weighted by atomic mass is 15.3. The van der Waals surface area contributed by atoms with Crippen LogP contribution in [0.2, 0.25) is 0 Å². The number of rotatable bonds is 2. The molecule has 3 heterocycles. The van der Waals surface area contributed by atoms with Gasteiger partial charge in [0.25, 0.3) is 0 Å². The molecule has 5 nitrogen and oxygen atoms in total. The molecule has 2 N–H and O–H groups in total. The fourth-order valence-electron chi connectivity index (χ4n) is 2.39. The topological polar surface area (TPSA) is 69.1 Å². The van der Waals surface area contributed by atoms with Crippen molar-refractivity contribution in [3.63, 3.8) is 0 Å². The number of nitrogen functional groups attached to an aromatic ring is 1. The van der Waals surface area contributed by atoms with Crippen LogP contribution in [0.4, 0.5) is 5.82 Å². The van der Waals surface area contributed by atoms with Crippen LogP contribution in [0.5, 0.6) is 0 Å². The zero-order valence-corrected chi connectivity index (χ0v) is 11.7. The van der Waals surface area contributed by atoms with Gasteiger partial charge in [0.2, 0.25) is 0 Å². The van der Waals surface area contributed by atoms with Gasteiger partial charge in [0, 0.05) is 17.3 Å². The van der Waals surface area contributed by atoms with Gasteiger partial charge in [0.15, 0.2) is 5.65 Å². The summed E-state index contributed by atoms with van der Waals surface area (Å²) in [7, 11) is 0. The minimum Gasteiger partial charge on any atom is -0.384 e. The minimum atomic E-state index is 0.498. The molecule has 106 valence electrons. The normalized spacial score (nSPS) is 10.9. The number of imidazole rings is 1. The van der Waals surface area contributed by atoms with E-state index in [0.717, 1.165) is 28.2 Å². The molecule has 1 aromatic carbocycles. The molecule has 3 aromatic heterocycles. The number of nitrogens with zero attached hydrogens (tertiary/aromatic N) is 4. The third kappa shape index (κ3) is 2.09. The Kier molecular flexibility index (Phi) is 2.83. The largest absolute Gasteiger partial charge is 0.384 e. The van der Waals surface area contributed by atoms with Crippen LogP contribution in [0.1, 0.15) is 0 Å². The third-order valence-electron chi connectivity index (χ3n) is 3.51. The number of pyridine rings is 1. The number of fused-ring (bicyclic) bond motifs is 1. The maximum Gasteiger partial charge on any atom is 0.154 e. The van der Waals surface area contributed by atoms with E-state index in [2.05, 4.69) is 15.1 Å². The van der Waals surface area contributed by atoms with Crippen molar-refractivity contribution in [2.24, 2.45) is 0 Å². The van der Waals surface area contributed by atoms with E-state index in [1.165, 1.54) is 0 Å². The van der Waals surface area contributed by atoms with E-state index in [4.69, 9.17) is 5.73 Å². The highest BCUT2D eigenvalue weighted by Gasteiger charge is 2.08. The van der Waals surface area contributed by atoms with Crippen molar-refractivity contribution < 1.29 is 0 Å². The lowest BCUT2D eigenvalue weighted by Gasteiger charge is -2.04. The maximum atomic E-state index is 5.63. The number of nitrogens with two attached hydrogens (primary N) is 1. The summed E-state index contributed by atoms with van der Waals surface area (Å²) in [4.78, 5) is 8.53. The van der Waals surface area contributed by atoms with Crippen LogP contribution in [0.15, 0.2) is 67.0 Å². The summed E-state index contributed by atoms with van der Waals surface area (Å²) >= 11 is 0. The summed E-state index contributed by atoms with van der Waals surface area (Å²) in [5.74, 6) is 0.498. The van der Waals surface area contributed by atoms with Gasteiger partial charge in [-0.15, -0.1) is 0 Å². The maximum absolute atomic E-state index is 5.63. The Hall–Kier alpha value is -3.21. The first-order valence-corrected chi connectivity index (χ1v) is 6.93. The zero-order valence-electron chi connectivity index (χ0n) is 11.7. The second-order valence-electron chi connectivity index (χ2n) is 4.97. The van der Waals surface area contributed by atoms with Crippen LogP contribution < -0.4 is 5.73 Å². The Morgan fingerprint density at radius 3 is 2.41 bits per heavy atom. The molecule has 0 saturated carbocycles. The quantitative estimate of drug-likeness (QED) is 0.615. The van der Waals surface area contributed by atoms with Crippen LogP contribution in [0.3, 0.4) is 0 Å². The van der Waals surface area contributed by atoms with Crippen molar-refractivity contribution in [3.05, 3.63) is 67.0 Å². The highest BCUT2D eigenvalue weighted by molar-refractivity contribution is 5.65. The van der Waals surface area contributed by atoms with E-state index < -0.39 is 0 Å². The molecule has 22 heavy (non-hydrogen) atoms. The Bertz CT molecular complexity index is 926. The van der Waals surface area contributed by atoms with Gasteiger partial charge in [0.1, 0.15) is 5.82 Å². The number of aromatic nitrogens is 4. The molecule has 0 atom stereocenters. The zero-order chi connectivity index (χ0) is 14.9. The second-order valence-corrected chi connectivity index (χ2v) is 4.97. The Morgan fingerprint density at radius 2 is 1.64 bits per heavy atom. The average molecular weight is 287 g/mol. The van der Waals surface area contributed by atoms with Crippen LogP contribution in [0, 0.1) is 0 Å². The third-order valence-corrected chi connectivity index (χ3v) is 3.51. The summed E-state index contributed by atoms with van der Waals surface area (Å²) in [6.45, 7) is 0. The molecule has 5 heteroatoms. The van der Waals surface area contributed by atoms with E-state index >= 15 is 0 Å². The molecule has 4 aromatic rings. The highest BCUT2D eigenvalue weighted by Crippen LogP contribution is 2.22. The van der Waals surface area contributed by atoms with Gasteiger partial charge in [-0.1, -0.05) is 30.3 Å². The number of hydrogen-bond acceptors (Lipinski definition) is 4. The van der Waals surface area contributed by atoms with E-state index in [0.29, 0.717) is 5.82 Å². The van der Waals surface area contributed by atoms with Gasteiger partial charge in [-0.3, -0.25) is 0 Å². The Labute approximate surface area is 127 Å². The lowest BCUT2D eigenvalue weighted by atomic mass is 10.2. The van der Waals surface area contributed by atoms with E-state index in [-0.39, 0.29) is 0 Å². The molecule has 0 unspecified atom stereocenters. The molecule has 0 bridgehead atoms. The van der Waals surface area contributed by atoms with Crippen LogP contribution in [0.25, 0.3) is 28.2 Å². The molecule has 0 amide bonds. The Morgan fingerprint density at radius 1 is 0.773 bits per heavy atom. The summed E-state index contributed by atoms with van der Waals surface area (Å²) in [6, 6.07) is 17.7. The van der Waals surface area contributed by atoms with E-state index in [9.17, 15) is 0 Å². The van der Waals surface area contributed by atoms with Gasteiger partial charge >= 0.3 is 0 Å². The Balaban J connectivity index is 1.88. The standard InChI is InChI=1S/C17H13N5/c18-16-8-6-13(10-19-16)14-7-9-17-20-11-15(22(17)21-14)12-4-2-1-3-5-12/h1-11H,(H2,18,19). The van der Waals surface area contributed by atoms with E-state index in [1.807, 2.05) is 59.2 Å². The van der Waals surface area contributed by atoms with Gasteiger partial charge < -0.3 is 5.73 Å². The van der Waals surface area contributed by atoms with Gasteiger partial charge in [-0.25, -0.2) is 14.5 Å². The lowest BCUT2D eigenvalue weighted by Crippen LogP contribution is -1.97. The average Bonchev–Trinajstić information content (AvgIpc) is 2.99.